The Hall–Kier alpha value is -3.06. The van der Waals surface area contributed by atoms with Gasteiger partial charge in [-0.2, -0.15) is 5.26 Å². The van der Waals surface area contributed by atoms with E-state index in [0.717, 1.165) is 35.6 Å². The van der Waals surface area contributed by atoms with E-state index in [4.69, 9.17) is 15.0 Å². The van der Waals surface area contributed by atoms with E-state index in [0.29, 0.717) is 12.2 Å². The Labute approximate surface area is 160 Å². The van der Waals surface area contributed by atoms with Crippen LogP contribution in [0.5, 0.6) is 5.75 Å². The van der Waals surface area contributed by atoms with Gasteiger partial charge in [0.15, 0.2) is 0 Å². The van der Waals surface area contributed by atoms with Crippen molar-refractivity contribution in [3.63, 3.8) is 0 Å². The van der Waals surface area contributed by atoms with E-state index in [1.165, 1.54) is 30.3 Å². The molecule has 0 amide bonds. The van der Waals surface area contributed by atoms with Crippen molar-refractivity contribution in [2.45, 2.75) is 32.8 Å². The Balaban J connectivity index is 1.57. The Morgan fingerprint density at radius 2 is 1.81 bits per heavy atom. The molecule has 3 aromatic rings. The summed E-state index contributed by atoms with van der Waals surface area (Å²) in [7, 11) is 0. The van der Waals surface area contributed by atoms with Gasteiger partial charge in [0.05, 0.1) is 17.1 Å². The van der Waals surface area contributed by atoms with Crippen LogP contribution in [0.2, 0.25) is 0 Å². The average molecular weight is 357 g/mol. The van der Waals surface area contributed by atoms with Gasteiger partial charge in [-0.25, -0.2) is 0 Å². The van der Waals surface area contributed by atoms with E-state index in [-0.39, 0.29) is 0 Å². The SMILES string of the molecule is Cc1cc(N2CCCCC2)c2ccc(COc3ccc(C#N)cc3)cc2n1. The largest absolute Gasteiger partial charge is 0.489 e. The highest BCUT2D eigenvalue weighted by atomic mass is 16.5. The number of pyridine rings is 1. The van der Waals surface area contributed by atoms with Crippen LogP contribution in [-0.4, -0.2) is 18.1 Å². The van der Waals surface area contributed by atoms with E-state index < -0.39 is 0 Å². The first-order valence-corrected chi connectivity index (χ1v) is 9.51. The second kappa shape index (κ2) is 7.67. The van der Waals surface area contributed by atoms with Crippen molar-refractivity contribution in [3.05, 3.63) is 65.4 Å². The van der Waals surface area contributed by atoms with Crippen LogP contribution < -0.4 is 9.64 Å². The summed E-state index contributed by atoms with van der Waals surface area (Å²) in [5.74, 6) is 0.764. The van der Waals surface area contributed by atoms with Gasteiger partial charge in [-0.3, -0.25) is 4.98 Å². The number of hydrogen-bond acceptors (Lipinski definition) is 4. The van der Waals surface area contributed by atoms with Crippen molar-refractivity contribution in [2.75, 3.05) is 18.0 Å². The minimum Gasteiger partial charge on any atom is -0.489 e. The maximum Gasteiger partial charge on any atom is 0.119 e. The van der Waals surface area contributed by atoms with E-state index >= 15 is 0 Å². The molecular formula is C23H23N3O. The zero-order valence-corrected chi connectivity index (χ0v) is 15.6. The lowest BCUT2D eigenvalue weighted by Gasteiger charge is -2.30. The van der Waals surface area contributed by atoms with E-state index in [1.54, 1.807) is 12.1 Å². The quantitative estimate of drug-likeness (QED) is 0.660. The molecule has 1 aromatic heterocycles. The molecule has 0 radical (unpaired) electrons. The molecule has 1 fully saturated rings. The highest BCUT2D eigenvalue weighted by Crippen LogP contribution is 2.30. The van der Waals surface area contributed by atoms with Gasteiger partial charge in [0.25, 0.3) is 0 Å². The molecule has 0 spiro atoms. The number of anilines is 1. The molecule has 0 bridgehead atoms. The van der Waals surface area contributed by atoms with Gasteiger partial charge < -0.3 is 9.64 Å². The van der Waals surface area contributed by atoms with Crippen molar-refractivity contribution in [1.82, 2.24) is 4.98 Å². The number of aryl methyl sites for hydroxylation is 1. The number of ether oxygens (including phenoxy) is 1. The number of hydrogen-bond donors (Lipinski definition) is 0. The van der Waals surface area contributed by atoms with Gasteiger partial charge in [0, 0.05) is 29.9 Å². The Morgan fingerprint density at radius 1 is 1.04 bits per heavy atom. The van der Waals surface area contributed by atoms with Crippen molar-refractivity contribution >= 4 is 16.6 Å². The second-order valence-electron chi connectivity index (χ2n) is 7.11. The molecule has 0 atom stereocenters. The molecule has 1 aliphatic rings. The standard InChI is InChI=1S/C23H23N3O/c1-17-13-23(26-11-3-2-4-12-26)21-10-7-19(14-22(21)25-17)16-27-20-8-5-18(15-24)6-9-20/h5-10,13-14H,2-4,11-12,16H2,1H3. The smallest absolute Gasteiger partial charge is 0.119 e. The van der Waals surface area contributed by atoms with E-state index in [2.05, 4.69) is 42.2 Å². The van der Waals surface area contributed by atoms with Crippen LogP contribution >= 0.6 is 0 Å². The van der Waals surface area contributed by atoms with Crippen molar-refractivity contribution in [3.8, 4) is 11.8 Å². The maximum absolute atomic E-state index is 8.87. The molecule has 1 aliphatic heterocycles. The summed E-state index contributed by atoms with van der Waals surface area (Å²) in [6.07, 6.45) is 3.86. The lowest BCUT2D eigenvalue weighted by atomic mass is 10.1. The lowest BCUT2D eigenvalue weighted by Crippen LogP contribution is -2.29. The Bertz CT molecular complexity index is 983. The van der Waals surface area contributed by atoms with E-state index in [1.807, 2.05) is 12.1 Å². The monoisotopic (exact) mass is 357 g/mol. The molecule has 0 N–H and O–H groups in total. The van der Waals surface area contributed by atoms with Crippen LogP contribution in [0, 0.1) is 18.3 Å². The summed E-state index contributed by atoms with van der Waals surface area (Å²) in [6, 6.07) is 17.9. The summed E-state index contributed by atoms with van der Waals surface area (Å²) in [6.45, 7) is 4.80. The Morgan fingerprint density at radius 3 is 2.56 bits per heavy atom. The molecule has 27 heavy (non-hydrogen) atoms. The number of fused-ring (bicyclic) bond motifs is 1. The van der Waals surface area contributed by atoms with Crippen LogP contribution in [0.25, 0.3) is 10.9 Å². The first-order valence-electron chi connectivity index (χ1n) is 9.51. The molecule has 0 aliphatic carbocycles. The first kappa shape index (κ1) is 17.4. The van der Waals surface area contributed by atoms with Crippen molar-refractivity contribution in [2.24, 2.45) is 0 Å². The molecule has 2 heterocycles. The third kappa shape index (κ3) is 3.88. The van der Waals surface area contributed by atoms with Crippen molar-refractivity contribution < 1.29 is 4.74 Å². The number of rotatable bonds is 4. The van der Waals surface area contributed by atoms with Gasteiger partial charge in [-0.05, 0) is 68.1 Å². The summed E-state index contributed by atoms with van der Waals surface area (Å²) in [4.78, 5) is 7.24. The van der Waals surface area contributed by atoms with Gasteiger partial charge >= 0.3 is 0 Å². The van der Waals surface area contributed by atoms with Crippen LogP contribution in [0.3, 0.4) is 0 Å². The summed E-state index contributed by atoms with van der Waals surface area (Å²) >= 11 is 0. The van der Waals surface area contributed by atoms with Crippen LogP contribution in [0.1, 0.15) is 36.1 Å². The second-order valence-corrected chi connectivity index (χ2v) is 7.11. The van der Waals surface area contributed by atoms with Crippen LogP contribution in [0.15, 0.2) is 48.5 Å². The molecule has 4 rings (SSSR count). The lowest BCUT2D eigenvalue weighted by molar-refractivity contribution is 0.306. The minimum absolute atomic E-state index is 0.483. The summed E-state index contributed by atoms with van der Waals surface area (Å²) < 4.78 is 5.87. The fourth-order valence-corrected chi connectivity index (χ4v) is 3.66. The molecule has 2 aromatic carbocycles. The zero-order valence-electron chi connectivity index (χ0n) is 15.6. The van der Waals surface area contributed by atoms with Gasteiger partial charge in [-0.15, -0.1) is 0 Å². The molecule has 0 saturated carbocycles. The van der Waals surface area contributed by atoms with Crippen molar-refractivity contribution in [1.29, 1.82) is 5.26 Å². The topological polar surface area (TPSA) is 49.1 Å². The molecule has 4 heteroatoms. The number of nitrogens with zero attached hydrogens (tertiary/aromatic N) is 3. The summed E-state index contributed by atoms with van der Waals surface area (Å²) in [5, 5.41) is 10.1. The molecule has 136 valence electrons. The fraction of sp³-hybridized carbons (Fsp3) is 0.304. The highest BCUT2D eigenvalue weighted by Gasteiger charge is 2.15. The van der Waals surface area contributed by atoms with Gasteiger partial charge in [-0.1, -0.05) is 12.1 Å². The number of aromatic nitrogens is 1. The number of nitriles is 1. The third-order valence-electron chi connectivity index (χ3n) is 5.07. The highest BCUT2D eigenvalue weighted by molar-refractivity contribution is 5.92. The average Bonchev–Trinajstić information content (AvgIpc) is 2.72. The fourth-order valence-electron chi connectivity index (χ4n) is 3.66. The van der Waals surface area contributed by atoms with Gasteiger partial charge in [0.2, 0.25) is 0 Å². The predicted octanol–water partition coefficient (Wildman–Crippen LogP) is 4.98. The van der Waals surface area contributed by atoms with E-state index in [9.17, 15) is 0 Å². The molecule has 1 saturated heterocycles. The van der Waals surface area contributed by atoms with Crippen LogP contribution in [-0.2, 0) is 6.61 Å². The first-order chi connectivity index (χ1) is 13.2. The maximum atomic E-state index is 8.87. The molecule has 4 nitrogen and oxygen atoms in total. The number of benzene rings is 2. The van der Waals surface area contributed by atoms with Gasteiger partial charge in [0.1, 0.15) is 12.4 Å². The molecule has 0 unspecified atom stereocenters. The predicted molar refractivity (Wildman–Crippen MR) is 108 cm³/mol. The minimum atomic E-state index is 0.483. The Kier molecular flexibility index (Phi) is 4.93. The van der Waals surface area contributed by atoms with Crippen LogP contribution in [0.4, 0.5) is 5.69 Å². The third-order valence-corrected chi connectivity index (χ3v) is 5.07. The number of piperidine rings is 1. The molecular weight excluding hydrogens is 334 g/mol. The zero-order chi connectivity index (χ0) is 18.6. The summed E-state index contributed by atoms with van der Waals surface area (Å²) in [5.41, 5.74) is 5.11. The normalized spacial score (nSPS) is 14.1.